The molecule has 13 heteroatoms. The number of urea groups is 1. The molecule has 0 spiro atoms. The molecule has 34 heavy (non-hydrogen) atoms. The summed E-state index contributed by atoms with van der Waals surface area (Å²) in [5.41, 5.74) is -0.366. The van der Waals surface area contributed by atoms with Gasteiger partial charge in [0.15, 0.2) is 0 Å². The molecule has 0 aliphatic carbocycles. The van der Waals surface area contributed by atoms with E-state index < -0.39 is 53.4 Å². The van der Waals surface area contributed by atoms with Gasteiger partial charge in [-0.1, -0.05) is 25.4 Å². The van der Waals surface area contributed by atoms with E-state index in [2.05, 4.69) is 16.0 Å². The Kier molecular flexibility index (Phi) is 8.96. The number of amides is 3. The maximum atomic E-state index is 12.8. The number of ether oxygens (including phenoxy) is 2. The Morgan fingerprint density at radius 3 is 2.53 bits per heavy atom. The zero-order chi connectivity index (χ0) is 25.6. The third-order valence-corrected chi connectivity index (χ3v) is 5.17. The van der Waals surface area contributed by atoms with Gasteiger partial charge in [0.05, 0.1) is 39.4 Å². The molecule has 2 atom stereocenters. The molecule has 0 aromatic heterocycles. The van der Waals surface area contributed by atoms with E-state index in [0.717, 1.165) is 12.1 Å². The summed E-state index contributed by atoms with van der Waals surface area (Å²) in [6.45, 7) is 6.16. The van der Waals surface area contributed by atoms with Gasteiger partial charge in [0.2, 0.25) is 0 Å². The van der Waals surface area contributed by atoms with E-state index in [-0.39, 0.29) is 34.2 Å². The maximum Gasteiger partial charge on any atom is 0.338 e. The SMILES string of the molecule is CCOC(=O)C1=C(COC(=O)[C@@H](NC(=O)c2cc([N+](=O)[O-])ccc2Cl)C(C)C)NC(=O)N[C@@H]1C. The first-order chi connectivity index (χ1) is 16.0. The highest BCUT2D eigenvalue weighted by atomic mass is 35.5. The van der Waals surface area contributed by atoms with Crippen LogP contribution in [0.2, 0.25) is 5.02 Å². The van der Waals surface area contributed by atoms with Gasteiger partial charge in [-0.25, -0.2) is 14.4 Å². The van der Waals surface area contributed by atoms with Crippen molar-refractivity contribution in [3.05, 3.63) is 50.2 Å². The lowest BCUT2D eigenvalue weighted by Crippen LogP contribution is -2.50. The van der Waals surface area contributed by atoms with Gasteiger partial charge < -0.3 is 25.4 Å². The second-order valence-electron chi connectivity index (χ2n) is 7.66. The van der Waals surface area contributed by atoms with Crippen LogP contribution < -0.4 is 16.0 Å². The van der Waals surface area contributed by atoms with Gasteiger partial charge in [0.1, 0.15) is 12.6 Å². The van der Waals surface area contributed by atoms with Crippen LogP contribution in [0.15, 0.2) is 29.5 Å². The van der Waals surface area contributed by atoms with E-state index in [4.69, 9.17) is 21.1 Å². The Balaban J connectivity index is 2.20. The Morgan fingerprint density at radius 1 is 1.26 bits per heavy atom. The molecule has 184 valence electrons. The predicted octanol–water partition coefficient (Wildman–Crippen LogP) is 2.06. The van der Waals surface area contributed by atoms with Crippen molar-refractivity contribution in [1.29, 1.82) is 0 Å². The van der Waals surface area contributed by atoms with E-state index in [1.165, 1.54) is 6.07 Å². The van der Waals surface area contributed by atoms with Gasteiger partial charge in [-0.2, -0.15) is 0 Å². The lowest BCUT2D eigenvalue weighted by atomic mass is 10.0. The summed E-state index contributed by atoms with van der Waals surface area (Å²) < 4.78 is 10.3. The first-order valence-electron chi connectivity index (χ1n) is 10.3. The number of nitrogens with zero attached hydrogens (tertiary/aromatic N) is 1. The van der Waals surface area contributed by atoms with Gasteiger partial charge in [-0.15, -0.1) is 0 Å². The first-order valence-corrected chi connectivity index (χ1v) is 10.7. The average Bonchev–Trinajstić information content (AvgIpc) is 2.75. The minimum Gasteiger partial charge on any atom is -0.463 e. The molecule has 0 bridgehead atoms. The summed E-state index contributed by atoms with van der Waals surface area (Å²) in [7, 11) is 0. The second kappa shape index (κ2) is 11.5. The summed E-state index contributed by atoms with van der Waals surface area (Å²) in [6.07, 6.45) is 0. The number of carbonyl (C=O) groups excluding carboxylic acids is 4. The van der Waals surface area contributed by atoms with Crippen LogP contribution in [0.1, 0.15) is 38.1 Å². The van der Waals surface area contributed by atoms with Crippen molar-refractivity contribution >= 4 is 41.2 Å². The Labute approximate surface area is 200 Å². The van der Waals surface area contributed by atoms with E-state index in [1.807, 2.05) is 0 Å². The van der Waals surface area contributed by atoms with Crippen LogP contribution in [0.4, 0.5) is 10.5 Å². The standard InChI is InChI=1S/C21H25ClN4O8/c1-5-33-19(28)16-11(4)23-21(30)24-15(16)9-34-20(29)17(10(2)3)25-18(27)13-8-12(26(31)32)6-7-14(13)22/h6-8,10-11,17H,5,9H2,1-4H3,(H,25,27)(H2,23,24,30)/t11-,17+/m1/s1. The average molecular weight is 497 g/mol. The van der Waals surface area contributed by atoms with Gasteiger partial charge in [0, 0.05) is 12.1 Å². The number of nitrogens with one attached hydrogen (secondary N) is 3. The summed E-state index contributed by atoms with van der Waals surface area (Å²) in [4.78, 5) is 59.9. The minimum absolute atomic E-state index is 0.0328. The fourth-order valence-electron chi connectivity index (χ4n) is 3.14. The number of benzene rings is 1. The number of hydrogen-bond donors (Lipinski definition) is 3. The van der Waals surface area contributed by atoms with Gasteiger partial charge in [-0.05, 0) is 25.8 Å². The highest BCUT2D eigenvalue weighted by Gasteiger charge is 2.32. The number of hydrogen-bond acceptors (Lipinski definition) is 8. The first kappa shape index (κ1) is 26.6. The summed E-state index contributed by atoms with van der Waals surface area (Å²) in [5.74, 6) is -2.77. The van der Waals surface area contributed by atoms with Crippen LogP contribution in [0.3, 0.4) is 0 Å². The molecule has 0 fully saturated rings. The number of halogens is 1. The third kappa shape index (κ3) is 6.44. The Morgan fingerprint density at radius 2 is 1.94 bits per heavy atom. The quantitative estimate of drug-likeness (QED) is 0.265. The number of esters is 2. The molecular weight excluding hydrogens is 472 g/mol. The third-order valence-electron chi connectivity index (χ3n) is 4.84. The number of non-ortho nitro benzene ring substituents is 1. The van der Waals surface area contributed by atoms with Crippen LogP contribution in [0.5, 0.6) is 0 Å². The fraction of sp³-hybridized carbons (Fsp3) is 0.429. The molecule has 0 saturated heterocycles. The molecular formula is C21H25ClN4O8. The lowest BCUT2D eigenvalue weighted by Gasteiger charge is -2.27. The molecule has 1 aliphatic heterocycles. The number of nitro benzene ring substituents is 1. The summed E-state index contributed by atoms with van der Waals surface area (Å²) in [6, 6.07) is 0.948. The van der Waals surface area contributed by atoms with Crippen molar-refractivity contribution in [3.8, 4) is 0 Å². The minimum atomic E-state index is -1.15. The molecule has 1 heterocycles. The molecule has 1 aromatic rings. The molecule has 2 rings (SSSR count). The zero-order valence-electron chi connectivity index (χ0n) is 19.0. The summed E-state index contributed by atoms with van der Waals surface area (Å²) in [5, 5.41) is 18.4. The number of rotatable bonds is 9. The van der Waals surface area contributed by atoms with Crippen LogP contribution in [0, 0.1) is 16.0 Å². The van der Waals surface area contributed by atoms with E-state index in [9.17, 15) is 29.3 Å². The number of carbonyl (C=O) groups is 4. The van der Waals surface area contributed by atoms with Crippen molar-refractivity contribution in [2.45, 2.75) is 39.8 Å². The summed E-state index contributed by atoms with van der Waals surface area (Å²) >= 11 is 6.00. The van der Waals surface area contributed by atoms with Crippen LogP contribution >= 0.6 is 11.6 Å². The van der Waals surface area contributed by atoms with E-state index in [1.54, 1.807) is 27.7 Å². The van der Waals surface area contributed by atoms with Gasteiger partial charge >= 0.3 is 18.0 Å². The largest absolute Gasteiger partial charge is 0.463 e. The Hall–Kier alpha value is -3.67. The highest BCUT2D eigenvalue weighted by Crippen LogP contribution is 2.22. The maximum absolute atomic E-state index is 12.8. The van der Waals surface area contributed by atoms with E-state index >= 15 is 0 Å². The second-order valence-corrected chi connectivity index (χ2v) is 8.06. The fourth-order valence-corrected chi connectivity index (χ4v) is 3.35. The van der Waals surface area contributed by atoms with Crippen molar-refractivity contribution in [2.75, 3.05) is 13.2 Å². The van der Waals surface area contributed by atoms with E-state index in [0.29, 0.717) is 0 Å². The van der Waals surface area contributed by atoms with Crippen molar-refractivity contribution in [1.82, 2.24) is 16.0 Å². The van der Waals surface area contributed by atoms with Gasteiger partial charge in [0.25, 0.3) is 11.6 Å². The molecule has 0 unspecified atom stereocenters. The zero-order valence-corrected chi connectivity index (χ0v) is 19.7. The molecule has 0 radical (unpaired) electrons. The topological polar surface area (TPSA) is 166 Å². The lowest BCUT2D eigenvalue weighted by molar-refractivity contribution is -0.384. The Bertz CT molecular complexity index is 1040. The van der Waals surface area contributed by atoms with Crippen LogP contribution in [0.25, 0.3) is 0 Å². The normalized spacial score (nSPS) is 16.3. The molecule has 12 nitrogen and oxygen atoms in total. The van der Waals surface area contributed by atoms with Crippen LogP contribution in [-0.2, 0) is 19.1 Å². The predicted molar refractivity (Wildman–Crippen MR) is 120 cm³/mol. The molecule has 3 amide bonds. The monoisotopic (exact) mass is 496 g/mol. The molecule has 0 saturated carbocycles. The molecule has 3 N–H and O–H groups in total. The smallest absolute Gasteiger partial charge is 0.338 e. The van der Waals surface area contributed by atoms with Gasteiger partial charge in [-0.3, -0.25) is 14.9 Å². The highest BCUT2D eigenvalue weighted by molar-refractivity contribution is 6.34. The van der Waals surface area contributed by atoms with Crippen molar-refractivity contribution in [2.24, 2.45) is 5.92 Å². The van der Waals surface area contributed by atoms with Crippen molar-refractivity contribution in [3.63, 3.8) is 0 Å². The van der Waals surface area contributed by atoms with Crippen molar-refractivity contribution < 1.29 is 33.6 Å². The number of nitro groups is 1. The van der Waals surface area contributed by atoms with Crippen LogP contribution in [-0.4, -0.2) is 54.1 Å². The molecule has 1 aromatic carbocycles. The molecule has 1 aliphatic rings.